The average Bonchev–Trinajstić information content (AvgIpc) is 3.07. The van der Waals surface area contributed by atoms with Crippen LogP contribution in [0.1, 0.15) is 71.1 Å². The van der Waals surface area contributed by atoms with E-state index >= 15 is 0 Å². The fourth-order valence-electron chi connectivity index (χ4n) is 6.71. The third kappa shape index (κ3) is 3.59. The highest BCUT2D eigenvalue weighted by Crippen LogP contribution is 2.60. The van der Waals surface area contributed by atoms with Crippen LogP contribution in [0.2, 0.25) is 0 Å². The maximum Gasteiger partial charge on any atom is 0.303 e. The minimum atomic E-state index is -0.851. The Balaban J connectivity index is 1.41. The molecule has 1 heterocycles. The van der Waals surface area contributed by atoms with E-state index in [1.807, 2.05) is 11.8 Å². The molecule has 1 saturated heterocycles. The summed E-state index contributed by atoms with van der Waals surface area (Å²) in [4.78, 5) is 39.0. The van der Waals surface area contributed by atoms with Gasteiger partial charge in [0.15, 0.2) is 0 Å². The van der Waals surface area contributed by atoms with E-state index < -0.39 is 5.97 Å². The molecule has 2 N–H and O–H groups in total. The number of nitrogens with one attached hydrogen (secondary N) is 1. The van der Waals surface area contributed by atoms with Gasteiger partial charge in [-0.15, -0.1) is 0 Å². The molecule has 6 heteroatoms. The van der Waals surface area contributed by atoms with Crippen molar-refractivity contribution in [1.82, 2.24) is 10.2 Å². The van der Waals surface area contributed by atoms with Crippen molar-refractivity contribution in [3.8, 4) is 0 Å². The molecule has 5 rings (SSSR count). The summed E-state index contributed by atoms with van der Waals surface area (Å²) >= 11 is 0. The zero-order valence-electron chi connectivity index (χ0n) is 16.3. The number of carboxylic acid groups (broad SMARTS) is 1. The van der Waals surface area contributed by atoms with Gasteiger partial charge in [-0.2, -0.15) is 0 Å². The van der Waals surface area contributed by atoms with Gasteiger partial charge in [-0.05, 0) is 82.5 Å². The van der Waals surface area contributed by atoms with Gasteiger partial charge in [0.05, 0.1) is 5.41 Å². The number of aliphatic carboxylic acids is 1. The second kappa shape index (κ2) is 7.10. The molecule has 4 bridgehead atoms. The van der Waals surface area contributed by atoms with Crippen LogP contribution in [0.15, 0.2) is 0 Å². The summed E-state index contributed by atoms with van der Waals surface area (Å²) in [5.74, 6) is 1.42. The number of likely N-dealkylation sites (tertiary alicyclic amines) is 1. The first kappa shape index (κ1) is 18.8. The molecule has 5 aliphatic rings. The second-order valence-electron chi connectivity index (χ2n) is 9.70. The first-order chi connectivity index (χ1) is 12.9. The van der Waals surface area contributed by atoms with Crippen LogP contribution in [0.3, 0.4) is 0 Å². The van der Waals surface area contributed by atoms with Crippen LogP contribution in [-0.4, -0.2) is 46.4 Å². The predicted octanol–water partition coefficient (Wildman–Crippen LogP) is 2.56. The Kier molecular flexibility index (Phi) is 4.93. The number of carbonyl (C=O) groups is 3. The number of amides is 2. The van der Waals surface area contributed by atoms with E-state index in [4.69, 9.17) is 5.11 Å². The smallest absolute Gasteiger partial charge is 0.303 e. The summed E-state index contributed by atoms with van der Waals surface area (Å²) in [6.45, 7) is 2.52. The normalized spacial score (nSPS) is 38.0. The van der Waals surface area contributed by atoms with Gasteiger partial charge >= 0.3 is 5.97 Å². The Hall–Kier alpha value is -1.59. The lowest BCUT2D eigenvalue weighted by molar-refractivity contribution is -0.160. The Labute approximate surface area is 161 Å². The minimum absolute atomic E-state index is 0.0437. The molecular weight excluding hydrogens is 344 g/mol. The van der Waals surface area contributed by atoms with Crippen LogP contribution in [0.25, 0.3) is 0 Å². The third-order valence-electron chi connectivity index (χ3n) is 7.49. The monoisotopic (exact) mass is 376 g/mol. The molecule has 1 aliphatic heterocycles. The van der Waals surface area contributed by atoms with E-state index in [1.54, 1.807) is 0 Å². The molecule has 0 aromatic carbocycles. The number of rotatable bonds is 6. The summed E-state index contributed by atoms with van der Waals surface area (Å²) in [6, 6.07) is -0.566. The molecule has 0 radical (unpaired) electrons. The van der Waals surface area contributed by atoms with Crippen molar-refractivity contribution in [1.29, 1.82) is 0 Å². The standard InChI is InChI=1S/C21H32N2O4/c1-13(4-5-18(24)25)22-19(26)17-3-2-6-23(17)20(27)21-10-14-7-15(11-21)9-16(8-14)12-21/h13-17H,2-12H2,1H3,(H,22,26)(H,24,25). The molecule has 4 aliphatic carbocycles. The summed E-state index contributed by atoms with van der Waals surface area (Å²) in [6.07, 6.45) is 9.04. The van der Waals surface area contributed by atoms with Crippen LogP contribution < -0.4 is 5.32 Å². The molecule has 27 heavy (non-hydrogen) atoms. The highest BCUT2D eigenvalue weighted by atomic mass is 16.4. The van der Waals surface area contributed by atoms with Gasteiger partial charge in [0.25, 0.3) is 0 Å². The van der Waals surface area contributed by atoms with Crippen LogP contribution in [0, 0.1) is 23.2 Å². The van der Waals surface area contributed by atoms with E-state index in [0.717, 1.165) is 32.1 Å². The van der Waals surface area contributed by atoms with Crippen LogP contribution >= 0.6 is 0 Å². The predicted molar refractivity (Wildman–Crippen MR) is 99.8 cm³/mol. The summed E-state index contributed by atoms with van der Waals surface area (Å²) in [5, 5.41) is 11.7. The molecule has 150 valence electrons. The number of carboxylic acids is 1. The van der Waals surface area contributed by atoms with E-state index in [9.17, 15) is 14.4 Å². The van der Waals surface area contributed by atoms with Crippen molar-refractivity contribution < 1.29 is 19.5 Å². The van der Waals surface area contributed by atoms with Gasteiger partial charge in [-0.25, -0.2) is 0 Å². The first-order valence-corrected chi connectivity index (χ1v) is 10.7. The topological polar surface area (TPSA) is 86.7 Å². The first-order valence-electron chi connectivity index (χ1n) is 10.7. The van der Waals surface area contributed by atoms with E-state index in [0.29, 0.717) is 30.7 Å². The third-order valence-corrected chi connectivity index (χ3v) is 7.49. The summed E-state index contributed by atoms with van der Waals surface area (Å²) in [5.41, 5.74) is -0.202. The lowest BCUT2D eigenvalue weighted by Crippen LogP contribution is -2.57. The van der Waals surface area contributed by atoms with Crippen LogP contribution in [0.5, 0.6) is 0 Å². The Morgan fingerprint density at radius 2 is 1.70 bits per heavy atom. The molecule has 4 saturated carbocycles. The zero-order chi connectivity index (χ0) is 19.2. The fourth-order valence-corrected chi connectivity index (χ4v) is 6.71. The maximum absolute atomic E-state index is 13.6. The van der Waals surface area contributed by atoms with Gasteiger partial charge in [-0.3, -0.25) is 14.4 Å². The lowest BCUT2D eigenvalue weighted by atomic mass is 9.49. The van der Waals surface area contributed by atoms with Crippen molar-refractivity contribution in [3.63, 3.8) is 0 Å². The van der Waals surface area contributed by atoms with Gasteiger partial charge in [0, 0.05) is 19.0 Å². The fraction of sp³-hybridized carbons (Fsp3) is 0.857. The summed E-state index contributed by atoms with van der Waals surface area (Å²) < 4.78 is 0. The highest BCUT2D eigenvalue weighted by Gasteiger charge is 2.56. The number of nitrogens with zero attached hydrogens (tertiary/aromatic N) is 1. The minimum Gasteiger partial charge on any atom is -0.481 e. The molecule has 2 amide bonds. The second-order valence-corrected chi connectivity index (χ2v) is 9.70. The molecule has 0 aromatic heterocycles. The van der Waals surface area contributed by atoms with Crippen molar-refractivity contribution >= 4 is 17.8 Å². The van der Waals surface area contributed by atoms with Gasteiger partial charge in [-0.1, -0.05) is 0 Å². The van der Waals surface area contributed by atoms with Crippen molar-refractivity contribution in [2.45, 2.75) is 83.2 Å². The molecule has 6 nitrogen and oxygen atoms in total. The van der Waals surface area contributed by atoms with Crippen molar-refractivity contribution in [2.75, 3.05) is 6.54 Å². The number of hydrogen-bond acceptors (Lipinski definition) is 3. The zero-order valence-corrected chi connectivity index (χ0v) is 16.3. The average molecular weight is 376 g/mol. The Morgan fingerprint density at radius 3 is 2.26 bits per heavy atom. The highest BCUT2D eigenvalue weighted by molar-refractivity contribution is 5.91. The summed E-state index contributed by atoms with van der Waals surface area (Å²) in [7, 11) is 0. The molecule has 0 aromatic rings. The molecule has 5 fully saturated rings. The van der Waals surface area contributed by atoms with Crippen molar-refractivity contribution in [2.24, 2.45) is 23.2 Å². The Bertz CT molecular complexity index is 596. The molecule has 2 unspecified atom stereocenters. The SMILES string of the molecule is CC(CCC(=O)O)NC(=O)C1CCCN1C(=O)C12CC3CC(CC(C3)C1)C2. The molecule has 0 spiro atoms. The van der Waals surface area contributed by atoms with Gasteiger partial charge < -0.3 is 15.3 Å². The van der Waals surface area contributed by atoms with E-state index in [-0.39, 0.29) is 35.7 Å². The van der Waals surface area contributed by atoms with Crippen LogP contribution in [-0.2, 0) is 14.4 Å². The van der Waals surface area contributed by atoms with Crippen LogP contribution in [0.4, 0.5) is 0 Å². The molecule has 2 atom stereocenters. The quantitative estimate of drug-likeness (QED) is 0.746. The maximum atomic E-state index is 13.6. The lowest BCUT2D eigenvalue weighted by Gasteiger charge is -2.56. The Morgan fingerprint density at radius 1 is 1.11 bits per heavy atom. The number of hydrogen-bond donors (Lipinski definition) is 2. The molecular formula is C21H32N2O4. The largest absolute Gasteiger partial charge is 0.481 e. The van der Waals surface area contributed by atoms with Crippen molar-refractivity contribution in [3.05, 3.63) is 0 Å². The van der Waals surface area contributed by atoms with E-state index in [2.05, 4.69) is 5.32 Å². The number of carbonyl (C=O) groups excluding carboxylic acids is 2. The van der Waals surface area contributed by atoms with Gasteiger partial charge in [0.2, 0.25) is 11.8 Å². The van der Waals surface area contributed by atoms with E-state index in [1.165, 1.54) is 19.3 Å². The van der Waals surface area contributed by atoms with Gasteiger partial charge in [0.1, 0.15) is 6.04 Å².